The number of benzene rings is 1. The van der Waals surface area contributed by atoms with Crippen LogP contribution in [0.3, 0.4) is 0 Å². The van der Waals surface area contributed by atoms with Crippen molar-refractivity contribution in [3.63, 3.8) is 0 Å². The van der Waals surface area contributed by atoms with Gasteiger partial charge < -0.3 is 14.3 Å². The first kappa shape index (κ1) is 16.1. The Hall–Kier alpha value is -3.42. The number of carbonyl (C=O) groups excluding carboxylic acids is 2. The molecule has 8 nitrogen and oxygen atoms in total. The van der Waals surface area contributed by atoms with Crippen LogP contribution in [0.5, 0.6) is 0 Å². The smallest absolute Gasteiger partial charge is 0.325 e. The molecule has 3 heterocycles. The zero-order valence-electron chi connectivity index (χ0n) is 14.2. The number of rotatable bonds is 4. The first-order valence-corrected chi connectivity index (χ1v) is 8.05. The van der Waals surface area contributed by atoms with Crippen LogP contribution in [0.2, 0.25) is 0 Å². The van der Waals surface area contributed by atoms with Gasteiger partial charge in [-0.05, 0) is 31.5 Å². The summed E-state index contributed by atoms with van der Waals surface area (Å²) in [6, 6.07) is 10.4. The highest BCUT2D eigenvalue weighted by atomic mass is 16.5. The van der Waals surface area contributed by atoms with Crippen LogP contribution in [0.25, 0.3) is 11.6 Å². The minimum absolute atomic E-state index is 0.111. The number of hydrogen-bond donors (Lipinski definition) is 1. The summed E-state index contributed by atoms with van der Waals surface area (Å²) in [7, 11) is 0. The van der Waals surface area contributed by atoms with Crippen LogP contribution in [-0.2, 0) is 16.9 Å². The lowest BCUT2D eigenvalue weighted by Gasteiger charge is -2.22. The number of carbonyl (C=O) groups is 2. The van der Waals surface area contributed by atoms with E-state index in [9.17, 15) is 9.59 Å². The topological polar surface area (TPSA) is 101 Å². The predicted octanol–water partition coefficient (Wildman–Crippen LogP) is 2.61. The monoisotopic (exact) mass is 352 g/mol. The van der Waals surface area contributed by atoms with E-state index in [4.69, 9.17) is 8.94 Å². The Morgan fingerprint density at radius 3 is 2.65 bits per heavy atom. The molecule has 3 aromatic rings. The van der Waals surface area contributed by atoms with Gasteiger partial charge in [0.2, 0.25) is 11.7 Å². The molecule has 0 spiro atoms. The van der Waals surface area contributed by atoms with Gasteiger partial charge in [-0.3, -0.25) is 9.69 Å². The molecule has 0 saturated carbocycles. The summed E-state index contributed by atoms with van der Waals surface area (Å²) in [5.74, 6) is 0.484. The molecule has 1 N–H and O–H groups in total. The van der Waals surface area contributed by atoms with Crippen LogP contribution in [0, 0.1) is 6.92 Å². The minimum atomic E-state index is -1.13. The maximum Gasteiger partial charge on any atom is 0.325 e. The molecule has 0 unspecified atom stereocenters. The van der Waals surface area contributed by atoms with Crippen LogP contribution >= 0.6 is 0 Å². The van der Waals surface area contributed by atoms with E-state index in [1.165, 1.54) is 6.26 Å². The number of aromatic nitrogens is 2. The maximum absolute atomic E-state index is 12.9. The number of imide groups is 1. The third-order valence-corrected chi connectivity index (χ3v) is 4.41. The second-order valence-electron chi connectivity index (χ2n) is 6.30. The van der Waals surface area contributed by atoms with Gasteiger partial charge in [0.15, 0.2) is 5.76 Å². The standard InChI is InChI=1S/C18H16N4O4/c1-11-5-7-12(8-6-11)18(2)16(23)22(17(24)20-18)10-14-19-15(21-26-14)13-4-3-9-25-13/h3-9H,10H2,1-2H3,(H,20,24)/t18-/m0/s1. The highest BCUT2D eigenvalue weighted by Gasteiger charge is 2.49. The highest BCUT2D eigenvalue weighted by molar-refractivity contribution is 6.07. The highest BCUT2D eigenvalue weighted by Crippen LogP contribution is 2.30. The molecule has 2 aromatic heterocycles. The summed E-state index contributed by atoms with van der Waals surface area (Å²) in [5.41, 5.74) is 0.655. The van der Waals surface area contributed by atoms with Crippen molar-refractivity contribution in [3.8, 4) is 11.6 Å². The Labute approximate surface area is 148 Å². The second kappa shape index (κ2) is 5.83. The Kier molecular flexibility index (Phi) is 3.61. The molecule has 0 bridgehead atoms. The molecule has 26 heavy (non-hydrogen) atoms. The summed E-state index contributed by atoms with van der Waals surface area (Å²) in [6.45, 7) is 3.53. The second-order valence-corrected chi connectivity index (χ2v) is 6.30. The van der Waals surface area contributed by atoms with E-state index in [2.05, 4.69) is 15.5 Å². The van der Waals surface area contributed by atoms with Gasteiger partial charge in [-0.2, -0.15) is 4.98 Å². The number of nitrogens with zero attached hydrogens (tertiary/aromatic N) is 3. The van der Waals surface area contributed by atoms with Crippen LogP contribution in [0.15, 0.2) is 51.6 Å². The Morgan fingerprint density at radius 1 is 1.19 bits per heavy atom. The molecule has 1 aliphatic rings. The molecule has 8 heteroatoms. The molecule has 0 radical (unpaired) electrons. The van der Waals surface area contributed by atoms with E-state index in [0.29, 0.717) is 11.3 Å². The van der Waals surface area contributed by atoms with Gasteiger partial charge >= 0.3 is 6.03 Å². The number of nitrogens with one attached hydrogen (secondary N) is 1. The fourth-order valence-electron chi connectivity index (χ4n) is 2.88. The third kappa shape index (κ3) is 2.55. The van der Waals surface area contributed by atoms with Crippen molar-refractivity contribution in [2.45, 2.75) is 25.9 Å². The number of hydrogen-bond acceptors (Lipinski definition) is 6. The Bertz CT molecular complexity index is 962. The summed E-state index contributed by atoms with van der Waals surface area (Å²) in [5, 5.41) is 6.56. The van der Waals surface area contributed by atoms with E-state index in [1.807, 2.05) is 31.2 Å². The van der Waals surface area contributed by atoms with Gasteiger partial charge in [0.25, 0.3) is 5.91 Å². The molecule has 1 saturated heterocycles. The van der Waals surface area contributed by atoms with E-state index in [-0.39, 0.29) is 24.2 Å². The van der Waals surface area contributed by atoms with Gasteiger partial charge in [0.05, 0.1) is 6.26 Å². The molecule has 1 aliphatic heterocycles. The van der Waals surface area contributed by atoms with Crippen molar-refractivity contribution in [1.29, 1.82) is 0 Å². The van der Waals surface area contributed by atoms with Crippen molar-refractivity contribution in [2.24, 2.45) is 0 Å². The average molecular weight is 352 g/mol. The zero-order valence-corrected chi connectivity index (χ0v) is 14.2. The fourth-order valence-corrected chi connectivity index (χ4v) is 2.88. The molecule has 1 fully saturated rings. The van der Waals surface area contributed by atoms with E-state index in [0.717, 1.165) is 10.5 Å². The maximum atomic E-state index is 12.9. The summed E-state index contributed by atoms with van der Waals surface area (Å²) < 4.78 is 10.3. The van der Waals surface area contributed by atoms with Crippen LogP contribution in [0.1, 0.15) is 23.9 Å². The molecular weight excluding hydrogens is 336 g/mol. The first-order valence-electron chi connectivity index (χ1n) is 8.05. The number of urea groups is 1. The SMILES string of the molecule is Cc1ccc([C@]2(C)NC(=O)N(Cc3nc(-c4ccco4)no3)C2=O)cc1. The van der Waals surface area contributed by atoms with Gasteiger partial charge in [-0.1, -0.05) is 35.0 Å². The fraction of sp³-hybridized carbons (Fsp3) is 0.222. The summed E-state index contributed by atoms with van der Waals surface area (Å²) in [6.07, 6.45) is 1.50. The molecule has 4 rings (SSSR count). The Morgan fingerprint density at radius 2 is 1.96 bits per heavy atom. The van der Waals surface area contributed by atoms with Crippen molar-refractivity contribution in [2.75, 3.05) is 0 Å². The lowest BCUT2D eigenvalue weighted by Crippen LogP contribution is -2.40. The number of amides is 3. The average Bonchev–Trinajstić information content (AvgIpc) is 3.34. The predicted molar refractivity (Wildman–Crippen MR) is 89.6 cm³/mol. The minimum Gasteiger partial charge on any atom is -0.461 e. The van der Waals surface area contributed by atoms with Crippen molar-refractivity contribution < 1.29 is 18.5 Å². The molecular formula is C18H16N4O4. The van der Waals surface area contributed by atoms with Crippen LogP contribution < -0.4 is 5.32 Å². The van der Waals surface area contributed by atoms with Crippen molar-refractivity contribution in [1.82, 2.24) is 20.4 Å². The third-order valence-electron chi connectivity index (χ3n) is 4.41. The van der Waals surface area contributed by atoms with Crippen LogP contribution in [0.4, 0.5) is 4.79 Å². The van der Waals surface area contributed by atoms with Gasteiger partial charge in [-0.15, -0.1) is 0 Å². The molecule has 1 aromatic carbocycles. The van der Waals surface area contributed by atoms with E-state index < -0.39 is 11.6 Å². The largest absolute Gasteiger partial charge is 0.461 e. The Balaban J connectivity index is 1.57. The van der Waals surface area contributed by atoms with E-state index in [1.54, 1.807) is 19.1 Å². The lowest BCUT2D eigenvalue weighted by molar-refractivity contribution is -0.131. The molecule has 132 valence electrons. The van der Waals surface area contributed by atoms with Gasteiger partial charge in [0.1, 0.15) is 12.1 Å². The normalized spacial score (nSPS) is 19.8. The lowest BCUT2D eigenvalue weighted by atomic mass is 9.91. The van der Waals surface area contributed by atoms with Gasteiger partial charge in [0, 0.05) is 0 Å². The van der Waals surface area contributed by atoms with Crippen molar-refractivity contribution >= 4 is 11.9 Å². The first-order chi connectivity index (χ1) is 12.5. The van der Waals surface area contributed by atoms with Crippen LogP contribution in [-0.4, -0.2) is 27.0 Å². The van der Waals surface area contributed by atoms with Gasteiger partial charge in [-0.25, -0.2) is 4.79 Å². The summed E-state index contributed by atoms with van der Waals surface area (Å²) >= 11 is 0. The number of furan rings is 1. The van der Waals surface area contributed by atoms with Crippen molar-refractivity contribution in [3.05, 3.63) is 59.7 Å². The molecule has 0 aliphatic carbocycles. The number of aryl methyl sites for hydroxylation is 1. The zero-order chi connectivity index (χ0) is 18.3. The molecule has 3 amide bonds. The quantitative estimate of drug-likeness (QED) is 0.724. The van der Waals surface area contributed by atoms with E-state index >= 15 is 0 Å². The molecule has 1 atom stereocenters. The summed E-state index contributed by atoms with van der Waals surface area (Å²) in [4.78, 5) is 30.5.